The number of fused-ring (bicyclic) bond motifs is 6. The summed E-state index contributed by atoms with van der Waals surface area (Å²) in [7, 11) is 0. The molecule has 0 atom stereocenters. The Bertz CT molecular complexity index is 2110. The Morgan fingerprint density at radius 1 is 0.576 bits per heavy atom. The monoisotopic (exact) mass is 422 g/mol. The van der Waals surface area contributed by atoms with Crippen molar-refractivity contribution in [2.75, 3.05) is 0 Å². The summed E-state index contributed by atoms with van der Waals surface area (Å²) in [5.74, 6) is 0. The van der Waals surface area contributed by atoms with Crippen LogP contribution in [0.1, 0.15) is 11.1 Å². The van der Waals surface area contributed by atoms with Crippen LogP contribution in [-0.2, 0) is 0 Å². The van der Waals surface area contributed by atoms with Crippen molar-refractivity contribution in [1.82, 2.24) is 9.38 Å². The fraction of sp³-hybridized carbons (Fsp3) is 0.0667. The van der Waals surface area contributed by atoms with Gasteiger partial charge in [0.25, 0.3) is 5.56 Å². The third-order valence-corrected chi connectivity index (χ3v) is 7.55. The van der Waals surface area contributed by atoms with E-state index in [-0.39, 0.29) is 5.56 Å². The van der Waals surface area contributed by atoms with Crippen LogP contribution in [0.3, 0.4) is 0 Å². The van der Waals surface area contributed by atoms with E-state index in [1.807, 2.05) is 30.3 Å². The van der Waals surface area contributed by atoms with E-state index < -0.39 is 0 Å². The van der Waals surface area contributed by atoms with Gasteiger partial charge in [-0.25, -0.2) is 4.98 Å². The number of hydrogen-bond acceptors (Lipinski definition) is 2. The van der Waals surface area contributed by atoms with Crippen LogP contribution in [0.5, 0.6) is 0 Å². The predicted octanol–water partition coefficient (Wildman–Crippen LogP) is 7.11. The Morgan fingerprint density at radius 2 is 1.09 bits per heavy atom. The summed E-state index contributed by atoms with van der Waals surface area (Å²) in [5.41, 5.74) is 5.04. The summed E-state index contributed by atoms with van der Waals surface area (Å²) in [6.45, 7) is 4.38. The highest BCUT2D eigenvalue weighted by atomic mass is 16.1. The van der Waals surface area contributed by atoms with Crippen molar-refractivity contribution in [3.8, 4) is 0 Å². The largest absolute Gasteiger partial charge is 0.268 e. The maximum Gasteiger partial charge on any atom is 0.264 e. The number of para-hydroxylation sites is 2. The van der Waals surface area contributed by atoms with Crippen LogP contribution < -0.4 is 5.56 Å². The number of pyridine rings is 1. The highest BCUT2D eigenvalue weighted by Gasteiger charge is 2.21. The van der Waals surface area contributed by atoms with Crippen molar-refractivity contribution < 1.29 is 0 Å². The van der Waals surface area contributed by atoms with Gasteiger partial charge in [0.2, 0.25) is 0 Å². The topological polar surface area (TPSA) is 34.4 Å². The average molecular weight is 422 g/mol. The van der Waals surface area contributed by atoms with Gasteiger partial charge in [-0.15, -0.1) is 0 Å². The molecule has 8 aromatic rings. The highest BCUT2D eigenvalue weighted by molar-refractivity contribution is 6.38. The van der Waals surface area contributed by atoms with Crippen LogP contribution in [0.2, 0.25) is 0 Å². The van der Waals surface area contributed by atoms with Gasteiger partial charge >= 0.3 is 0 Å². The molecule has 3 nitrogen and oxygen atoms in total. The van der Waals surface area contributed by atoms with Crippen LogP contribution in [-0.4, -0.2) is 9.38 Å². The van der Waals surface area contributed by atoms with Crippen LogP contribution in [0.15, 0.2) is 77.6 Å². The highest BCUT2D eigenvalue weighted by Crippen LogP contribution is 2.44. The van der Waals surface area contributed by atoms with E-state index in [0.717, 1.165) is 38.2 Å². The van der Waals surface area contributed by atoms with Gasteiger partial charge in [0.05, 0.1) is 11.0 Å². The quantitative estimate of drug-likeness (QED) is 0.193. The second kappa shape index (κ2) is 5.57. The number of imidazole rings is 1. The number of aryl methyl sites for hydroxylation is 2. The molecule has 0 radical (unpaired) electrons. The minimum absolute atomic E-state index is 0.00124. The predicted molar refractivity (Wildman–Crippen MR) is 138 cm³/mol. The molecule has 0 aliphatic carbocycles. The molecule has 154 valence electrons. The third kappa shape index (κ3) is 1.89. The zero-order chi connectivity index (χ0) is 22.0. The van der Waals surface area contributed by atoms with Crippen LogP contribution >= 0.6 is 0 Å². The van der Waals surface area contributed by atoms with E-state index in [9.17, 15) is 4.79 Å². The van der Waals surface area contributed by atoms with Gasteiger partial charge in [0.15, 0.2) is 0 Å². The molecule has 2 aromatic heterocycles. The van der Waals surface area contributed by atoms with Crippen molar-refractivity contribution in [2.45, 2.75) is 13.8 Å². The zero-order valence-corrected chi connectivity index (χ0v) is 18.2. The smallest absolute Gasteiger partial charge is 0.264 e. The molecule has 0 aliphatic heterocycles. The third-order valence-electron chi connectivity index (χ3n) is 7.55. The van der Waals surface area contributed by atoms with Crippen LogP contribution in [0.4, 0.5) is 0 Å². The van der Waals surface area contributed by atoms with E-state index in [1.165, 1.54) is 43.4 Å². The molecule has 0 saturated heterocycles. The minimum atomic E-state index is -0.00124. The summed E-state index contributed by atoms with van der Waals surface area (Å²) in [4.78, 5) is 18.6. The first kappa shape index (κ1) is 17.3. The normalized spacial score (nSPS) is 12.7. The lowest BCUT2D eigenvalue weighted by Crippen LogP contribution is -2.13. The molecule has 3 heteroatoms. The molecule has 6 aromatic carbocycles. The fourth-order valence-corrected chi connectivity index (χ4v) is 6.16. The summed E-state index contributed by atoms with van der Waals surface area (Å²) >= 11 is 0. The van der Waals surface area contributed by atoms with E-state index >= 15 is 0 Å². The molecule has 8 rings (SSSR count). The van der Waals surface area contributed by atoms with Gasteiger partial charge in [-0.1, -0.05) is 48.5 Å². The molecule has 0 fully saturated rings. The summed E-state index contributed by atoms with van der Waals surface area (Å²) in [6, 6.07) is 25.3. The lowest BCUT2D eigenvalue weighted by molar-refractivity contribution is 1.19. The molecule has 0 unspecified atom stereocenters. The Morgan fingerprint density at radius 3 is 1.79 bits per heavy atom. The van der Waals surface area contributed by atoms with E-state index in [4.69, 9.17) is 4.98 Å². The molecular weight excluding hydrogens is 404 g/mol. The van der Waals surface area contributed by atoms with Crippen LogP contribution in [0.25, 0.3) is 70.5 Å². The molecular formula is C30H18N2O. The number of aromatic nitrogens is 2. The standard InChI is InChI=1S/C30H18N2O/c1-15-7-9-17-19-11-13-21-28-22(30(33)32-24-6-4-3-5-23(24)31-29(21)32)14-12-20(27(19)28)18-10-8-16(2)25(15)26(17)18/h3-14H,1-2H3. The summed E-state index contributed by atoms with van der Waals surface area (Å²) < 4.78 is 1.78. The molecule has 0 saturated carbocycles. The van der Waals surface area contributed by atoms with Crippen molar-refractivity contribution >= 4 is 70.5 Å². The van der Waals surface area contributed by atoms with E-state index in [1.54, 1.807) is 4.40 Å². The average Bonchev–Trinajstić information content (AvgIpc) is 3.23. The van der Waals surface area contributed by atoms with Gasteiger partial charge in [-0.3, -0.25) is 9.20 Å². The van der Waals surface area contributed by atoms with Crippen molar-refractivity contribution in [2.24, 2.45) is 0 Å². The lowest BCUT2D eigenvalue weighted by Gasteiger charge is -2.18. The van der Waals surface area contributed by atoms with Gasteiger partial charge in [0.1, 0.15) is 5.65 Å². The molecule has 0 spiro atoms. The maximum atomic E-state index is 13.7. The molecule has 0 N–H and O–H groups in total. The fourth-order valence-electron chi connectivity index (χ4n) is 6.16. The number of rotatable bonds is 0. The minimum Gasteiger partial charge on any atom is -0.268 e. The van der Waals surface area contributed by atoms with Crippen molar-refractivity contribution in [1.29, 1.82) is 0 Å². The lowest BCUT2D eigenvalue weighted by atomic mass is 9.85. The van der Waals surface area contributed by atoms with Gasteiger partial charge in [0, 0.05) is 16.2 Å². The molecule has 33 heavy (non-hydrogen) atoms. The first-order chi connectivity index (χ1) is 16.1. The van der Waals surface area contributed by atoms with Crippen molar-refractivity contribution in [3.05, 3.63) is 94.3 Å². The molecule has 0 bridgehead atoms. The molecule has 2 heterocycles. The number of nitrogens with zero attached hydrogens (tertiary/aromatic N) is 2. The van der Waals surface area contributed by atoms with E-state index in [2.05, 4.69) is 56.3 Å². The van der Waals surface area contributed by atoms with Crippen molar-refractivity contribution in [3.63, 3.8) is 0 Å². The first-order valence-corrected chi connectivity index (χ1v) is 11.3. The number of hydrogen-bond donors (Lipinski definition) is 0. The second-order valence-corrected chi connectivity index (χ2v) is 9.25. The van der Waals surface area contributed by atoms with Gasteiger partial charge in [-0.05, 0) is 86.9 Å². The molecule has 0 amide bonds. The molecule has 0 aliphatic rings. The summed E-state index contributed by atoms with van der Waals surface area (Å²) in [6.07, 6.45) is 0. The Hall–Kier alpha value is -4.24. The van der Waals surface area contributed by atoms with E-state index in [0.29, 0.717) is 0 Å². The Balaban J connectivity index is 1.74. The van der Waals surface area contributed by atoms with Gasteiger partial charge < -0.3 is 0 Å². The maximum absolute atomic E-state index is 13.7. The SMILES string of the molecule is Cc1ccc2c3ccc4c(=O)n5c6ccccc6nc5c5ccc(c6ccc(C)c1c26)c3c45. The summed E-state index contributed by atoms with van der Waals surface area (Å²) in [5, 5.41) is 11.5. The second-order valence-electron chi connectivity index (χ2n) is 9.25. The first-order valence-electron chi connectivity index (χ1n) is 11.3. The van der Waals surface area contributed by atoms with Crippen LogP contribution in [0, 0.1) is 13.8 Å². The Labute approximate surface area is 188 Å². The van der Waals surface area contributed by atoms with Gasteiger partial charge in [-0.2, -0.15) is 0 Å². The Kier molecular flexibility index (Phi) is 2.92. The zero-order valence-electron chi connectivity index (χ0n) is 18.2. The number of benzene rings is 6.